The molecule has 5 heteroatoms. The molecule has 0 radical (unpaired) electrons. The fraction of sp³-hybridized carbons (Fsp3) is 0.600. The van der Waals surface area contributed by atoms with E-state index in [9.17, 15) is 8.42 Å². The monoisotopic (exact) mass is 296 g/mol. The van der Waals surface area contributed by atoms with Gasteiger partial charge in [0.2, 0.25) is 0 Å². The minimum atomic E-state index is -3.11. The molecule has 0 amide bonds. The van der Waals surface area contributed by atoms with Crippen LogP contribution >= 0.6 is 0 Å². The maximum Gasteiger partial charge on any atom is 0.175 e. The van der Waals surface area contributed by atoms with Gasteiger partial charge in [-0.05, 0) is 63.0 Å². The molecule has 4 nitrogen and oxygen atoms in total. The summed E-state index contributed by atoms with van der Waals surface area (Å²) in [7, 11) is -3.11. The van der Waals surface area contributed by atoms with Gasteiger partial charge in [0, 0.05) is 25.0 Å². The van der Waals surface area contributed by atoms with Gasteiger partial charge in [-0.3, -0.25) is 0 Å². The third-order valence-electron chi connectivity index (χ3n) is 3.89. The maximum absolute atomic E-state index is 11.5. The van der Waals surface area contributed by atoms with Crippen LogP contribution in [-0.4, -0.2) is 40.9 Å². The molecule has 1 unspecified atom stereocenters. The summed E-state index contributed by atoms with van der Waals surface area (Å²) >= 11 is 0. The van der Waals surface area contributed by atoms with Crippen molar-refractivity contribution in [3.63, 3.8) is 0 Å². The Hall–Kier alpha value is -1.07. The number of sulfone groups is 1. The zero-order valence-electron chi connectivity index (χ0n) is 12.3. The molecule has 1 aromatic rings. The van der Waals surface area contributed by atoms with Crippen LogP contribution in [-0.2, 0) is 9.84 Å². The first kappa shape index (κ1) is 15.3. The van der Waals surface area contributed by atoms with Crippen LogP contribution in [0.4, 0.5) is 5.69 Å². The fourth-order valence-corrected chi connectivity index (χ4v) is 3.34. The number of piperidine rings is 1. The second kappa shape index (κ2) is 6.59. The van der Waals surface area contributed by atoms with E-state index < -0.39 is 9.84 Å². The SMILES string of the molecule is CCN(CC1CCCNC1)c1ccc(S(C)(=O)=O)cc1. The van der Waals surface area contributed by atoms with Crippen LogP contribution in [0.1, 0.15) is 19.8 Å². The summed E-state index contributed by atoms with van der Waals surface area (Å²) in [6.07, 6.45) is 3.76. The van der Waals surface area contributed by atoms with Crippen LogP contribution in [0.5, 0.6) is 0 Å². The molecule has 0 bridgehead atoms. The van der Waals surface area contributed by atoms with Crippen molar-refractivity contribution in [2.45, 2.75) is 24.7 Å². The highest BCUT2D eigenvalue weighted by atomic mass is 32.2. The molecule has 2 rings (SSSR count). The number of nitrogens with zero attached hydrogens (tertiary/aromatic N) is 1. The number of hydrogen-bond acceptors (Lipinski definition) is 4. The average Bonchev–Trinajstić information content (AvgIpc) is 2.45. The molecule has 112 valence electrons. The number of anilines is 1. The number of nitrogens with one attached hydrogen (secondary N) is 1. The minimum absolute atomic E-state index is 0.386. The minimum Gasteiger partial charge on any atom is -0.371 e. The Morgan fingerprint density at radius 3 is 2.50 bits per heavy atom. The molecule has 1 N–H and O–H groups in total. The van der Waals surface area contributed by atoms with Gasteiger partial charge in [-0.25, -0.2) is 8.42 Å². The van der Waals surface area contributed by atoms with E-state index in [2.05, 4.69) is 17.1 Å². The lowest BCUT2D eigenvalue weighted by Gasteiger charge is -2.31. The van der Waals surface area contributed by atoms with Gasteiger partial charge in [0.25, 0.3) is 0 Å². The Labute approximate surface area is 122 Å². The highest BCUT2D eigenvalue weighted by molar-refractivity contribution is 7.90. The molecule has 1 aromatic carbocycles. The number of rotatable bonds is 5. The standard InChI is InChI=1S/C15H24N2O2S/c1-3-17(12-13-5-4-10-16-11-13)14-6-8-15(9-7-14)20(2,18)19/h6-9,13,16H,3-5,10-12H2,1-2H3. The van der Waals surface area contributed by atoms with Gasteiger partial charge in [0.15, 0.2) is 9.84 Å². The van der Waals surface area contributed by atoms with Gasteiger partial charge < -0.3 is 10.2 Å². The molecule has 1 atom stereocenters. The van der Waals surface area contributed by atoms with E-state index >= 15 is 0 Å². The molecule has 0 saturated carbocycles. The fourth-order valence-electron chi connectivity index (χ4n) is 2.71. The lowest BCUT2D eigenvalue weighted by molar-refractivity contribution is 0.378. The van der Waals surface area contributed by atoms with Gasteiger partial charge in [0.05, 0.1) is 4.90 Å². The van der Waals surface area contributed by atoms with E-state index in [0.29, 0.717) is 10.8 Å². The van der Waals surface area contributed by atoms with Crippen molar-refractivity contribution in [2.24, 2.45) is 5.92 Å². The number of benzene rings is 1. The lowest BCUT2D eigenvalue weighted by atomic mass is 9.99. The normalized spacial score (nSPS) is 19.8. The Kier molecular flexibility index (Phi) is 5.05. The summed E-state index contributed by atoms with van der Waals surface area (Å²) in [4.78, 5) is 2.71. The third kappa shape index (κ3) is 3.96. The molecule has 1 fully saturated rings. The predicted octanol–water partition coefficient (Wildman–Crippen LogP) is 1.92. The van der Waals surface area contributed by atoms with Gasteiger partial charge in [-0.15, -0.1) is 0 Å². The summed E-state index contributed by atoms with van der Waals surface area (Å²) in [5, 5.41) is 3.44. The zero-order valence-corrected chi connectivity index (χ0v) is 13.1. The second-order valence-electron chi connectivity index (χ2n) is 5.52. The van der Waals surface area contributed by atoms with Crippen LogP contribution in [0.2, 0.25) is 0 Å². The highest BCUT2D eigenvalue weighted by Crippen LogP contribution is 2.21. The van der Waals surface area contributed by atoms with E-state index in [1.807, 2.05) is 12.1 Å². The summed E-state index contributed by atoms with van der Waals surface area (Å²) in [6.45, 7) is 6.32. The van der Waals surface area contributed by atoms with Crippen molar-refractivity contribution in [1.29, 1.82) is 0 Å². The van der Waals surface area contributed by atoms with Gasteiger partial charge in [-0.2, -0.15) is 0 Å². The van der Waals surface area contributed by atoms with Crippen molar-refractivity contribution in [1.82, 2.24) is 5.32 Å². The Balaban J connectivity index is 2.07. The van der Waals surface area contributed by atoms with Crippen molar-refractivity contribution >= 4 is 15.5 Å². The first-order valence-electron chi connectivity index (χ1n) is 7.26. The molecule has 1 aliphatic heterocycles. The topological polar surface area (TPSA) is 49.4 Å². The van der Waals surface area contributed by atoms with E-state index in [1.54, 1.807) is 12.1 Å². The molecule has 20 heavy (non-hydrogen) atoms. The van der Waals surface area contributed by atoms with Crippen LogP contribution in [0.3, 0.4) is 0 Å². The largest absolute Gasteiger partial charge is 0.371 e. The van der Waals surface area contributed by atoms with Gasteiger partial charge in [-0.1, -0.05) is 0 Å². The highest BCUT2D eigenvalue weighted by Gasteiger charge is 2.17. The smallest absolute Gasteiger partial charge is 0.175 e. The number of hydrogen-bond donors (Lipinski definition) is 1. The molecule has 1 aliphatic rings. The maximum atomic E-state index is 11.5. The van der Waals surface area contributed by atoms with E-state index in [0.717, 1.165) is 31.9 Å². The molecule has 0 spiro atoms. The molecule has 0 aliphatic carbocycles. The van der Waals surface area contributed by atoms with Gasteiger partial charge in [0.1, 0.15) is 0 Å². The Morgan fingerprint density at radius 2 is 2.00 bits per heavy atom. The summed E-state index contributed by atoms with van der Waals surface area (Å²) in [5.41, 5.74) is 1.10. The van der Waals surface area contributed by atoms with E-state index in [-0.39, 0.29) is 0 Å². The van der Waals surface area contributed by atoms with Crippen molar-refractivity contribution in [3.8, 4) is 0 Å². The van der Waals surface area contributed by atoms with E-state index in [1.165, 1.54) is 19.1 Å². The van der Waals surface area contributed by atoms with Crippen LogP contribution in [0.15, 0.2) is 29.2 Å². The van der Waals surface area contributed by atoms with E-state index in [4.69, 9.17) is 0 Å². The van der Waals surface area contributed by atoms with Crippen LogP contribution in [0.25, 0.3) is 0 Å². The summed E-state index contributed by atoms with van der Waals surface area (Å²) < 4.78 is 23.0. The van der Waals surface area contributed by atoms with Crippen molar-refractivity contribution in [2.75, 3.05) is 37.3 Å². The first-order valence-corrected chi connectivity index (χ1v) is 9.15. The summed E-state index contributed by atoms with van der Waals surface area (Å²) in [5.74, 6) is 0.679. The molecule has 1 saturated heterocycles. The lowest BCUT2D eigenvalue weighted by Crippen LogP contribution is -2.38. The van der Waals surface area contributed by atoms with Crippen LogP contribution in [0, 0.1) is 5.92 Å². The summed E-state index contributed by atoms with van der Waals surface area (Å²) in [6, 6.07) is 7.23. The van der Waals surface area contributed by atoms with Crippen molar-refractivity contribution < 1.29 is 8.42 Å². The average molecular weight is 296 g/mol. The van der Waals surface area contributed by atoms with Crippen molar-refractivity contribution in [3.05, 3.63) is 24.3 Å². The Morgan fingerprint density at radius 1 is 1.30 bits per heavy atom. The third-order valence-corrected chi connectivity index (χ3v) is 5.02. The molecular formula is C15H24N2O2S. The zero-order chi connectivity index (χ0) is 14.6. The van der Waals surface area contributed by atoms with Gasteiger partial charge >= 0.3 is 0 Å². The second-order valence-corrected chi connectivity index (χ2v) is 7.53. The molecule has 0 aromatic heterocycles. The van der Waals surface area contributed by atoms with Crippen LogP contribution < -0.4 is 10.2 Å². The molecule has 1 heterocycles. The predicted molar refractivity (Wildman–Crippen MR) is 83.0 cm³/mol. The molecular weight excluding hydrogens is 272 g/mol. The first-order chi connectivity index (χ1) is 9.50. The Bertz CT molecular complexity index is 519. The quantitative estimate of drug-likeness (QED) is 0.902.